The van der Waals surface area contributed by atoms with Gasteiger partial charge in [0.25, 0.3) is 5.91 Å². The summed E-state index contributed by atoms with van der Waals surface area (Å²) in [5.74, 6) is -1.77. The number of aryl methyl sites for hydroxylation is 1. The van der Waals surface area contributed by atoms with E-state index in [1.807, 2.05) is 19.1 Å². The van der Waals surface area contributed by atoms with Crippen molar-refractivity contribution in [1.29, 1.82) is 0 Å². The van der Waals surface area contributed by atoms with Crippen molar-refractivity contribution in [2.75, 3.05) is 16.4 Å². The van der Waals surface area contributed by atoms with E-state index in [0.717, 1.165) is 10.2 Å². The number of carbonyl (C=O) groups excluding carboxylic acids is 2. The Hall–Kier alpha value is -3.75. The molecule has 27 heavy (non-hydrogen) atoms. The number of amides is 2. The molecule has 0 spiro atoms. The third-order valence-corrected chi connectivity index (χ3v) is 3.82. The zero-order valence-electron chi connectivity index (χ0n) is 14.4. The van der Waals surface area contributed by atoms with Gasteiger partial charge in [0.2, 0.25) is 5.91 Å². The van der Waals surface area contributed by atoms with Crippen molar-refractivity contribution in [3.05, 3.63) is 65.6 Å². The molecule has 0 fully saturated rings. The van der Waals surface area contributed by atoms with Crippen molar-refractivity contribution in [2.24, 2.45) is 0 Å². The fourth-order valence-electron chi connectivity index (χ4n) is 2.38. The lowest BCUT2D eigenvalue weighted by Gasteiger charge is -2.08. The molecule has 0 saturated heterocycles. The molecule has 0 aliphatic rings. The topological polar surface area (TPSA) is 115 Å². The second-order valence-electron chi connectivity index (χ2n) is 5.78. The first kappa shape index (κ1) is 18.1. The van der Waals surface area contributed by atoms with Gasteiger partial charge in [-0.1, -0.05) is 35.5 Å². The molecule has 4 N–H and O–H groups in total. The average Bonchev–Trinajstić information content (AvgIpc) is 2.99. The first-order valence-electron chi connectivity index (χ1n) is 8.06. The summed E-state index contributed by atoms with van der Waals surface area (Å²) >= 11 is 0. The number of hydrogen-bond donors (Lipinski definition) is 3. The maximum Gasteiger partial charge on any atom is 0.280 e. The Morgan fingerprint density at radius 3 is 2.44 bits per heavy atom. The molecule has 3 rings (SSSR count). The van der Waals surface area contributed by atoms with Gasteiger partial charge in [-0.15, -0.1) is 5.10 Å². The smallest absolute Gasteiger partial charge is 0.280 e. The summed E-state index contributed by atoms with van der Waals surface area (Å²) in [7, 11) is 0. The summed E-state index contributed by atoms with van der Waals surface area (Å²) in [4.78, 5) is 24.4. The van der Waals surface area contributed by atoms with Gasteiger partial charge < -0.3 is 16.4 Å². The molecule has 3 aromatic rings. The molecular weight excluding hydrogens is 351 g/mol. The highest BCUT2D eigenvalue weighted by molar-refractivity contribution is 6.05. The Labute approximate surface area is 154 Å². The van der Waals surface area contributed by atoms with Gasteiger partial charge in [0.15, 0.2) is 11.5 Å². The van der Waals surface area contributed by atoms with E-state index in [1.165, 1.54) is 18.2 Å². The maximum atomic E-state index is 13.6. The van der Waals surface area contributed by atoms with Crippen molar-refractivity contribution in [3.8, 4) is 0 Å². The lowest BCUT2D eigenvalue weighted by molar-refractivity contribution is -0.116. The number of nitrogens with two attached hydrogens (primary N) is 1. The normalized spacial score (nSPS) is 10.4. The largest absolute Gasteiger partial charge is 0.382 e. The molecular formula is C18H17FN6O2. The monoisotopic (exact) mass is 368 g/mol. The van der Waals surface area contributed by atoms with Crippen LogP contribution in [0.5, 0.6) is 0 Å². The molecule has 138 valence electrons. The molecule has 0 bridgehead atoms. The molecule has 2 amide bonds. The number of nitrogens with zero attached hydrogens (tertiary/aromatic N) is 3. The van der Waals surface area contributed by atoms with Crippen molar-refractivity contribution in [3.63, 3.8) is 0 Å². The molecule has 0 unspecified atom stereocenters. The summed E-state index contributed by atoms with van der Waals surface area (Å²) < 4.78 is 14.7. The summed E-state index contributed by atoms with van der Waals surface area (Å²) in [6.07, 6.45) is 0. The van der Waals surface area contributed by atoms with E-state index in [-0.39, 0.29) is 29.7 Å². The van der Waals surface area contributed by atoms with E-state index in [4.69, 9.17) is 5.73 Å². The van der Waals surface area contributed by atoms with Crippen LogP contribution in [0, 0.1) is 12.7 Å². The highest BCUT2D eigenvalue weighted by Crippen LogP contribution is 2.16. The van der Waals surface area contributed by atoms with E-state index >= 15 is 0 Å². The molecule has 8 nitrogen and oxygen atoms in total. The lowest BCUT2D eigenvalue weighted by Crippen LogP contribution is -2.21. The second kappa shape index (κ2) is 7.65. The van der Waals surface area contributed by atoms with Crippen molar-refractivity contribution >= 4 is 29.0 Å². The van der Waals surface area contributed by atoms with Crippen molar-refractivity contribution in [1.82, 2.24) is 15.0 Å². The van der Waals surface area contributed by atoms with E-state index in [2.05, 4.69) is 20.9 Å². The number of nitrogen functional groups attached to an aromatic ring is 1. The molecule has 0 saturated carbocycles. The van der Waals surface area contributed by atoms with Gasteiger partial charge in [0, 0.05) is 5.69 Å². The molecule has 1 aromatic heterocycles. The van der Waals surface area contributed by atoms with Crippen LogP contribution < -0.4 is 16.4 Å². The third kappa shape index (κ3) is 4.09. The predicted octanol–water partition coefficient (Wildman–Crippen LogP) is 2.20. The summed E-state index contributed by atoms with van der Waals surface area (Å²) in [5, 5.41) is 12.5. The number of nitrogens with one attached hydrogen (secondary N) is 2. The van der Waals surface area contributed by atoms with Crippen LogP contribution in [-0.2, 0) is 11.3 Å². The molecule has 0 radical (unpaired) electrons. The molecule has 0 aliphatic carbocycles. The molecule has 0 aliphatic heterocycles. The minimum Gasteiger partial charge on any atom is -0.382 e. The second-order valence-corrected chi connectivity index (χ2v) is 5.78. The third-order valence-electron chi connectivity index (χ3n) is 3.82. The predicted molar refractivity (Wildman–Crippen MR) is 98.6 cm³/mol. The quantitative estimate of drug-likeness (QED) is 0.639. The van der Waals surface area contributed by atoms with Crippen LogP contribution in [0.3, 0.4) is 0 Å². The van der Waals surface area contributed by atoms with Crippen LogP contribution in [0.1, 0.15) is 16.1 Å². The zero-order chi connectivity index (χ0) is 19.4. The first-order valence-corrected chi connectivity index (χ1v) is 8.06. The van der Waals surface area contributed by atoms with Crippen LogP contribution in [0.15, 0.2) is 48.5 Å². The van der Waals surface area contributed by atoms with Gasteiger partial charge in [-0.05, 0) is 30.7 Å². The molecule has 2 aromatic carbocycles. The molecule has 1 heterocycles. The standard InChI is InChI=1S/C18H17FN6O2/c1-11-6-2-4-8-13(11)21-15(26)10-25-17(20)16(23-24-25)18(27)22-14-9-5-3-7-12(14)19/h2-9H,10,20H2,1H3,(H,21,26)(H,22,27). The number of aromatic nitrogens is 3. The summed E-state index contributed by atoms with van der Waals surface area (Å²) in [6.45, 7) is 1.64. The summed E-state index contributed by atoms with van der Waals surface area (Å²) in [6, 6.07) is 13.0. The fraction of sp³-hybridized carbons (Fsp3) is 0.111. The molecule has 0 atom stereocenters. The van der Waals surface area contributed by atoms with E-state index in [1.54, 1.807) is 18.2 Å². The Balaban J connectivity index is 1.69. The highest BCUT2D eigenvalue weighted by atomic mass is 19.1. The van der Waals surface area contributed by atoms with Crippen LogP contribution in [0.4, 0.5) is 21.6 Å². The number of benzene rings is 2. The summed E-state index contributed by atoms with van der Waals surface area (Å²) in [5.41, 5.74) is 7.24. The van der Waals surface area contributed by atoms with Crippen LogP contribution >= 0.6 is 0 Å². The Kier molecular flexibility index (Phi) is 5.11. The Morgan fingerprint density at radius 1 is 1.07 bits per heavy atom. The van der Waals surface area contributed by atoms with Crippen molar-refractivity contribution < 1.29 is 14.0 Å². The van der Waals surface area contributed by atoms with Crippen LogP contribution in [-0.4, -0.2) is 26.8 Å². The van der Waals surface area contributed by atoms with Gasteiger partial charge >= 0.3 is 0 Å². The number of hydrogen-bond acceptors (Lipinski definition) is 5. The number of carbonyl (C=O) groups is 2. The Bertz CT molecular complexity index is 1000. The highest BCUT2D eigenvalue weighted by Gasteiger charge is 2.20. The average molecular weight is 368 g/mol. The minimum atomic E-state index is -0.719. The zero-order valence-corrected chi connectivity index (χ0v) is 14.4. The van der Waals surface area contributed by atoms with Crippen molar-refractivity contribution in [2.45, 2.75) is 13.5 Å². The van der Waals surface area contributed by atoms with E-state index in [9.17, 15) is 14.0 Å². The van der Waals surface area contributed by atoms with Crippen LogP contribution in [0.2, 0.25) is 0 Å². The van der Waals surface area contributed by atoms with Gasteiger partial charge in [-0.3, -0.25) is 9.59 Å². The van der Waals surface area contributed by atoms with E-state index < -0.39 is 11.7 Å². The fourth-order valence-corrected chi connectivity index (χ4v) is 2.38. The van der Waals surface area contributed by atoms with E-state index in [0.29, 0.717) is 5.69 Å². The van der Waals surface area contributed by atoms with Gasteiger partial charge in [-0.25, -0.2) is 9.07 Å². The maximum absolute atomic E-state index is 13.6. The Morgan fingerprint density at radius 2 is 1.74 bits per heavy atom. The lowest BCUT2D eigenvalue weighted by atomic mass is 10.2. The van der Waals surface area contributed by atoms with Gasteiger partial charge in [-0.2, -0.15) is 0 Å². The minimum absolute atomic E-state index is 0.00579. The SMILES string of the molecule is Cc1ccccc1NC(=O)Cn1nnc(C(=O)Nc2ccccc2F)c1N. The van der Waals surface area contributed by atoms with Gasteiger partial charge in [0.1, 0.15) is 12.4 Å². The number of halogens is 1. The number of rotatable bonds is 5. The molecule has 9 heteroatoms. The first-order chi connectivity index (χ1) is 13.0. The number of anilines is 3. The van der Waals surface area contributed by atoms with Gasteiger partial charge in [0.05, 0.1) is 5.69 Å². The number of para-hydroxylation sites is 2. The van der Waals surface area contributed by atoms with Crippen LogP contribution in [0.25, 0.3) is 0 Å².